The molecule has 0 saturated carbocycles. The van der Waals surface area contributed by atoms with Crippen molar-refractivity contribution in [3.63, 3.8) is 0 Å². The smallest absolute Gasteiger partial charge is 0.240 e. The Morgan fingerprint density at radius 2 is 1.93 bits per heavy atom. The molecule has 88 valence electrons. The number of nitrogens with one attached hydrogen (secondary N) is 1. The molecule has 0 atom stereocenters. The van der Waals surface area contributed by atoms with Crippen LogP contribution in [0, 0.1) is 0 Å². The van der Waals surface area contributed by atoms with Gasteiger partial charge in [0.15, 0.2) is 9.84 Å². The minimum atomic E-state index is -3.37. The average Bonchev–Trinajstić information content (AvgIpc) is 2.10. The van der Waals surface area contributed by atoms with Gasteiger partial charge in [0.05, 0.1) is 0 Å². The minimum absolute atomic E-state index is 0.450. The Morgan fingerprint density at radius 3 is 2.33 bits per heavy atom. The lowest BCUT2D eigenvalue weighted by atomic mass is 10.2. The molecule has 0 bridgehead atoms. The minimum Gasteiger partial charge on any atom is -0.354 e. The molecule has 5 heteroatoms. The molecule has 0 spiro atoms. The molecule has 0 saturated heterocycles. The zero-order chi connectivity index (χ0) is 12.1. The van der Waals surface area contributed by atoms with Crippen molar-refractivity contribution in [1.29, 1.82) is 0 Å². The van der Waals surface area contributed by atoms with Crippen LogP contribution in [0.2, 0.25) is 0 Å². The third-order valence-corrected chi connectivity index (χ3v) is 4.35. The van der Waals surface area contributed by atoms with Crippen LogP contribution in [0.25, 0.3) is 0 Å². The Labute approximate surface area is 91.7 Å². The molecule has 1 N–H and O–H groups in total. The van der Waals surface area contributed by atoms with Crippen molar-refractivity contribution in [1.82, 2.24) is 5.32 Å². The van der Waals surface area contributed by atoms with E-state index in [-0.39, 0.29) is 0 Å². The summed E-state index contributed by atoms with van der Waals surface area (Å²) in [6.45, 7) is 5.17. The molecule has 0 aliphatic heterocycles. The number of sulfone groups is 1. The molecule has 0 aromatic heterocycles. The zero-order valence-corrected chi connectivity index (χ0v) is 10.5. The van der Waals surface area contributed by atoms with Crippen LogP contribution < -0.4 is 5.32 Å². The van der Waals surface area contributed by atoms with Crippen LogP contribution in [0.3, 0.4) is 0 Å². The largest absolute Gasteiger partial charge is 0.354 e. The summed E-state index contributed by atoms with van der Waals surface area (Å²) in [5.74, 6) is -0.450. The van der Waals surface area contributed by atoms with Gasteiger partial charge in [0, 0.05) is 12.8 Å². The average molecular weight is 233 g/mol. The van der Waals surface area contributed by atoms with E-state index in [0.29, 0.717) is 13.0 Å². The number of carbonyl (C=O) groups excluding carboxylic acids is 1. The second kappa shape index (κ2) is 5.30. The maximum Gasteiger partial charge on any atom is 0.240 e. The fourth-order valence-electron chi connectivity index (χ4n) is 0.817. The first-order valence-electron chi connectivity index (χ1n) is 4.82. The predicted molar refractivity (Wildman–Crippen MR) is 61.4 cm³/mol. The van der Waals surface area contributed by atoms with E-state index in [1.807, 2.05) is 19.1 Å². The lowest BCUT2D eigenvalue weighted by molar-refractivity contribution is -0.122. The standard InChI is InChI=1S/C10H19NO3S/c1-5-6-7-8-11-9(12)10(2,3)15(4,13)14/h5-6H,7-8H2,1-4H3,(H,11,12)/b6-5+. The van der Waals surface area contributed by atoms with E-state index in [1.54, 1.807) is 0 Å². The zero-order valence-electron chi connectivity index (χ0n) is 9.70. The van der Waals surface area contributed by atoms with E-state index in [9.17, 15) is 13.2 Å². The van der Waals surface area contributed by atoms with Crippen LogP contribution in [0.5, 0.6) is 0 Å². The third-order valence-electron chi connectivity index (χ3n) is 2.31. The van der Waals surface area contributed by atoms with Gasteiger partial charge in [-0.3, -0.25) is 4.79 Å². The lowest BCUT2D eigenvalue weighted by Gasteiger charge is -2.21. The van der Waals surface area contributed by atoms with Crippen LogP contribution >= 0.6 is 0 Å². The van der Waals surface area contributed by atoms with E-state index in [1.165, 1.54) is 13.8 Å². The van der Waals surface area contributed by atoms with E-state index < -0.39 is 20.5 Å². The Hall–Kier alpha value is -0.840. The highest BCUT2D eigenvalue weighted by atomic mass is 32.2. The topological polar surface area (TPSA) is 63.2 Å². The Bertz CT molecular complexity index is 342. The number of hydrogen-bond acceptors (Lipinski definition) is 3. The van der Waals surface area contributed by atoms with Crippen molar-refractivity contribution < 1.29 is 13.2 Å². The van der Waals surface area contributed by atoms with Gasteiger partial charge in [0.25, 0.3) is 0 Å². The molecule has 0 rings (SSSR count). The first kappa shape index (κ1) is 14.2. The maximum absolute atomic E-state index is 11.6. The molecule has 0 unspecified atom stereocenters. The van der Waals surface area contributed by atoms with Crippen molar-refractivity contribution in [3.05, 3.63) is 12.2 Å². The molecule has 0 aromatic carbocycles. The Balaban J connectivity index is 4.34. The lowest BCUT2D eigenvalue weighted by Crippen LogP contribution is -2.47. The summed E-state index contributed by atoms with van der Waals surface area (Å²) < 4.78 is 21.3. The van der Waals surface area contributed by atoms with Crippen molar-refractivity contribution >= 4 is 15.7 Å². The quantitative estimate of drug-likeness (QED) is 0.566. The third kappa shape index (κ3) is 4.03. The van der Waals surface area contributed by atoms with E-state index in [0.717, 1.165) is 6.26 Å². The van der Waals surface area contributed by atoms with E-state index >= 15 is 0 Å². The number of carbonyl (C=O) groups is 1. The van der Waals surface area contributed by atoms with Crippen LogP contribution in [0.4, 0.5) is 0 Å². The number of rotatable bonds is 5. The first-order chi connectivity index (χ1) is 6.73. The normalized spacial score (nSPS) is 13.1. The summed E-state index contributed by atoms with van der Waals surface area (Å²) in [7, 11) is -3.37. The number of amides is 1. The van der Waals surface area contributed by atoms with Gasteiger partial charge in [0.1, 0.15) is 4.75 Å². The van der Waals surface area contributed by atoms with E-state index in [2.05, 4.69) is 5.32 Å². The molecule has 0 heterocycles. The number of allylic oxidation sites excluding steroid dienone is 1. The highest BCUT2D eigenvalue weighted by Crippen LogP contribution is 2.14. The molecule has 15 heavy (non-hydrogen) atoms. The highest BCUT2D eigenvalue weighted by Gasteiger charge is 2.37. The monoisotopic (exact) mass is 233 g/mol. The summed E-state index contributed by atoms with van der Waals surface area (Å²) in [5.41, 5.74) is 0. The molecule has 1 amide bonds. The predicted octanol–water partition coefficient (Wildman–Crippen LogP) is 0.892. The van der Waals surface area contributed by atoms with Crippen molar-refractivity contribution in [2.24, 2.45) is 0 Å². The summed E-state index contributed by atoms with van der Waals surface area (Å²) in [5, 5.41) is 2.59. The SMILES string of the molecule is C/C=C/CCNC(=O)C(C)(C)S(C)(=O)=O. The van der Waals surface area contributed by atoms with Gasteiger partial charge in [-0.25, -0.2) is 8.42 Å². The molecule has 4 nitrogen and oxygen atoms in total. The molecular weight excluding hydrogens is 214 g/mol. The first-order valence-corrected chi connectivity index (χ1v) is 6.71. The summed E-state index contributed by atoms with van der Waals surface area (Å²) in [4.78, 5) is 11.6. The van der Waals surface area contributed by atoms with Crippen molar-refractivity contribution in [2.45, 2.75) is 31.9 Å². The van der Waals surface area contributed by atoms with Gasteiger partial charge in [-0.05, 0) is 27.2 Å². The molecule has 0 fully saturated rings. The second-order valence-corrected chi connectivity index (χ2v) is 6.46. The molecule has 0 aromatic rings. The van der Waals surface area contributed by atoms with Crippen LogP contribution in [0.15, 0.2) is 12.2 Å². The molecule has 0 aliphatic rings. The Kier molecular flexibility index (Phi) is 5.00. The number of hydrogen-bond donors (Lipinski definition) is 1. The van der Waals surface area contributed by atoms with Gasteiger partial charge in [-0.2, -0.15) is 0 Å². The fourth-order valence-corrected chi connectivity index (χ4v) is 1.23. The second-order valence-electron chi connectivity index (χ2n) is 3.90. The van der Waals surface area contributed by atoms with Crippen LogP contribution in [0.1, 0.15) is 27.2 Å². The summed E-state index contributed by atoms with van der Waals surface area (Å²) in [6.07, 6.45) is 5.57. The van der Waals surface area contributed by atoms with Gasteiger partial charge in [0.2, 0.25) is 5.91 Å². The molecule has 0 aliphatic carbocycles. The highest BCUT2D eigenvalue weighted by molar-refractivity contribution is 7.92. The van der Waals surface area contributed by atoms with Crippen molar-refractivity contribution in [2.75, 3.05) is 12.8 Å². The van der Waals surface area contributed by atoms with Gasteiger partial charge in [-0.1, -0.05) is 12.2 Å². The van der Waals surface area contributed by atoms with Gasteiger partial charge in [-0.15, -0.1) is 0 Å². The van der Waals surface area contributed by atoms with Crippen LogP contribution in [-0.2, 0) is 14.6 Å². The van der Waals surface area contributed by atoms with Crippen molar-refractivity contribution in [3.8, 4) is 0 Å². The Morgan fingerprint density at radius 1 is 1.40 bits per heavy atom. The molecule has 0 radical (unpaired) electrons. The maximum atomic E-state index is 11.6. The fraction of sp³-hybridized carbons (Fsp3) is 0.700. The van der Waals surface area contributed by atoms with Crippen LogP contribution in [-0.4, -0.2) is 31.9 Å². The van der Waals surface area contributed by atoms with Gasteiger partial charge < -0.3 is 5.32 Å². The van der Waals surface area contributed by atoms with E-state index in [4.69, 9.17) is 0 Å². The van der Waals surface area contributed by atoms with Gasteiger partial charge >= 0.3 is 0 Å². The molecular formula is C10H19NO3S. The summed E-state index contributed by atoms with van der Waals surface area (Å²) >= 11 is 0. The summed E-state index contributed by atoms with van der Waals surface area (Å²) in [6, 6.07) is 0.